The lowest BCUT2D eigenvalue weighted by atomic mass is 10.1. The van der Waals surface area contributed by atoms with Crippen molar-refractivity contribution in [1.29, 1.82) is 0 Å². The topological polar surface area (TPSA) is 66.4 Å². The fraction of sp³-hybridized carbons (Fsp3) is 0.176. The molecule has 0 atom stereocenters. The first-order valence-corrected chi connectivity index (χ1v) is 6.65. The van der Waals surface area contributed by atoms with E-state index in [0.717, 1.165) is 11.1 Å². The molecular formula is C17H17NO3. The molecule has 0 saturated carbocycles. The van der Waals surface area contributed by atoms with Crippen LogP contribution in [0.2, 0.25) is 0 Å². The van der Waals surface area contributed by atoms with Crippen LogP contribution in [0, 0.1) is 13.8 Å². The Balaban J connectivity index is 2.17. The zero-order valence-electron chi connectivity index (χ0n) is 12.0. The van der Waals surface area contributed by atoms with Gasteiger partial charge in [0, 0.05) is 0 Å². The molecule has 4 nitrogen and oxygen atoms in total. The number of carboxylic acids is 1. The summed E-state index contributed by atoms with van der Waals surface area (Å²) in [7, 11) is 0. The van der Waals surface area contributed by atoms with Gasteiger partial charge in [0.15, 0.2) is 0 Å². The van der Waals surface area contributed by atoms with Crippen LogP contribution in [0.25, 0.3) is 0 Å². The molecule has 4 heteroatoms. The summed E-state index contributed by atoms with van der Waals surface area (Å²) in [6.07, 6.45) is 0.217. The van der Waals surface area contributed by atoms with Crippen LogP contribution in [0.15, 0.2) is 42.5 Å². The Morgan fingerprint density at radius 1 is 1.10 bits per heavy atom. The first-order chi connectivity index (χ1) is 9.97. The van der Waals surface area contributed by atoms with Crippen LogP contribution in [-0.4, -0.2) is 17.0 Å². The first-order valence-electron chi connectivity index (χ1n) is 6.65. The van der Waals surface area contributed by atoms with Crippen molar-refractivity contribution in [2.75, 3.05) is 5.32 Å². The number of carboxylic acid groups (broad SMARTS) is 1. The molecule has 0 aliphatic rings. The highest BCUT2D eigenvalue weighted by atomic mass is 16.4. The molecule has 2 aromatic carbocycles. The number of rotatable bonds is 4. The molecule has 0 heterocycles. The van der Waals surface area contributed by atoms with E-state index in [1.807, 2.05) is 31.2 Å². The van der Waals surface area contributed by atoms with E-state index < -0.39 is 5.97 Å². The van der Waals surface area contributed by atoms with Crippen LogP contribution in [0.1, 0.15) is 27.0 Å². The maximum absolute atomic E-state index is 12.1. The van der Waals surface area contributed by atoms with E-state index in [-0.39, 0.29) is 17.9 Å². The van der Waals surface area contributed by atoms with Crippen molar-refractivity contribution >= 4 is 17.6 Å². The molecule has 0 aliphatic carbocycles. The summed E-state index contributed by atoms with van der Waals surface area (Å²) in [5, 5.41) is 11.9. The lowest BCUT2D eigenvalue weighted by Gasteiger charge is -2.10. The van der Waals surface area contributed by atoms with Crippen LogP contribution < -0.4 is 5.32 Å². The zero-order chi connectivity index (χ0) is 15.4. The van der Waals surface area contributed by atoms with Gasteiger partial charge in [0.05, 0.1) is 17.7 Å². The summed E-state index contributed by atoms with van der Waals surface area (Å²) in [6, 6.07) is 12.7. The number of aromatic carboxylic acids is 1. The second-order valence-electron chi connectivity index (χ2n) is 5.02. The number of hydrogen-bond donors (Lipinski definition) is 2. The van der Waals surface area contributed by atoms with Crippen LogP contribution in [-0.2, 0) is 11.2 Å². The Hall–Kier alpha value is -2.62. The maximum atomic E-state index is 12.1. The SMILES string of the molecule is Cc1cccc(CC(=O)Nc2cccc(C)c2C(=O)O)c1. The number of aryl methyl sites for hydroxylation is 2. The van der Waals surface area contributed by atoms with E-state index in [1.54, 1.807) is 25.1 Å². The molecule has 2 N–H and O–H groups in total. The second kappa shape index (κ2) is 6.22. The van der Waals surface area contributed by atoms with Crippen LogP contribution in [0.3, 0.4) is 0 Å². The number of carbonyl (C=O) groups is 2. The second-order valence-corrected chi connectivity index (χ2v) is 5.02. The van der Waals surface area contributed by atoms with Crippen LogP contribution in [0.4, 0.5) is 5.69 Å². The molecule has 0 aliphatic heterocycles. The normalized spacial score (nSPS) is 10.2. The summed E-state index contributed by atoms with van der Waals surface area (Å²) in [5.74, 6) is -1.27. The van der Waals surface area contributed by atoms with E-state index in [1.165, 1.54) is 0 Å². The average Bonchev–Trinajstić information content (AvgIpc) is 2.37. The molecule has 0 unspecified atom stereocenters. The molecule has 0 saturated heterocycles. The highest BCUT2D eigenvalue weighted by molar-refractivity contribution is 6.02. The largest absolute Gasteiger partial charge is 0.478 e. The van der Waals surface area contributed by atoms with Gasteiger partial charge in [-0.15, -0.1) is 0 Å². The van der Waals surface area contributed by atoms with Crippen molar-refractivity contribution < 1.29 is 14.7 Å². The lowest BCUT2D eigenvalue weighted by molar-refractivity contribution is -0.115. The van der Waals surface area contributed by atoms with E-state index in [0.29, 0.717) is 11.3 Å². The fourth-order valence-electron chi connectivity index (χ4n) is 2.26. The summed E-state index contributed by atoms with van der Waals surface area (Å²) in [4.78, 5) is 23.4. The zero-order valence-corrected chi connectivity index (χ0v) is 12.0. The Kier molecular flexibility index (Phi) is 4.38. The minimum atomic E-state index is -1.04. The minimum Gasteiger partial charge on any atom is -0.478 e. The molecule has 21 heavy (non-hydrogen) atoms. The molecule has 2 aromatic rings. The molecule has 108 valence electrons. The molecule has 0 fully saturated rings. The molecular weight excluding hydrogens is 266 g/mol. The van der Waals surface area contributed by atoms with Crippen molar-refractivity contribution in [2.45, 2.75) is 20.3 Å². The Bertz CT molecular complexity index is 692. The highest BCUT2D eigenvalue weighted by Crippen LogP contribution is 2.20. The Morgan fingerprint density at radius 2 is 1.81 bits per heavy atom. The number of nitrogens with one attached hydrogen (secondary N) is 1. The third kappa shape index (κ3) is 3.69. The minimum absolute atomic E-state index is 0.134. The van der Waals surface area contributed by atoms with Gasteiger partial charge in [-0.25, -0.2) is 4.79 Å². The van der Waals surface area contributed by atoms with Gasteiger partial charge in [-0.3, -0.25) is 4.79 Å². The molecule has 1 amide bonds. The van der Waals surface area contributed by atoms with Gasteiger partial charge in [-0.05, 0) is 31.0 Å². The van der Waals surface area contributed by atoms with Crippen molar-refractivity contribution in [1.82, 2.24) is 0 Å². The highest BCUT2D eigenvalue weighted by Gasteiger charge is 2.15. The summed E-state index contributed by atoms with van der Waals surface area (Å²) in [5.41, 5.74) is 3.07. The van der Waals surface area contributed by atoms with Crippen LogP contribution >= 0.6 is 0 Å². The molecule has 0 radical (unpaired) electrons. The van der Waals surface area contributed by atoms with Crippen molar-refractivity contribution in [2.24, 2.45) is 0 Å². The number of hydrogen-bond acceptors (Lipinski definition) is 2. The van der Waals surface area contributed by atoms with E-state index in [4.69, 9.17) is 0 Å². The van der Waals surface area contributed by atoms with E-state index in [2.05, 4.69) is 5.32 Å². The maximum Gasteiger partial charge on any atom is 0.338 e. The average molecular weight is 283 g/mol. The Labute approximate surface area is 123 Å². The monoisotopic (exact) mass is 283 g/mol. The van der Waals surface area contributed by atoms with Gasteiger partial charge in [-0.2, -0.15) is 0 Å². The third-order valence-corrected chi connectivity index (χ3v) is 3.21. The smallest absolute Gasteiger partial charge is 0.338 e. The van der Waals surface area contributed by atoms with Gasteiger partial charge >= 0.3 is 5.97 Å². The van der Waals surface area contributed by atoms with Gasteiger partial charge < -0.3 is 10.4 Å². The van der Waals surface area contributed by atoms with Crippen LogP contribution in [0.5, 0.6) is 0 Å². The number of amides is 1. The lowest BCUT2D eigenvalue weighted by Crippen LogP contribution is -2.17. The Morgan fingerprint density at radius 3 is 2.48 bits per heavy atom. The van der Waals surface area contributed by atoms with Crippen molar-refractivity contribution in [3.63, 3.8) is 0 Å². The number of benzene rings is 2. The predicted octanol–water partition coefficient (Wildman–Crippen LogP) is 3.18. The molecule has 0 aromatic heterocycles. The predicted molar refractivity (Wildman–Crippen MR) is 81.7 cm³/mol. The summed E-state index contributed by atoms with van der Waals surface area (Å²) in [6.45, 7) is 3.67. The van der Waals surface area contributed by atoms with Gasteiger partial charge in [0.25, 0.3) is 0 Å². The summed E-state index contributed by atoms with van der Waals surface area (Å²) < 4.78 is 0. The van der Waals surface area contributed by atoms with E-state index >= 15 is 0 Å². The first kappa shape index (κ1) is 14.8. The molecule has 2 rings (SSSR count). The summed E-state index contributed by atoms with van der Waals surface area (Å²) >= 11 is 0. The van der Waals surface area contributed by atoms with Gasteiger partial charge in [0.1, 0.15) is 0 Å². The molecule has 0 spiro atoms. The quantitative estimate of drug-likeness (QED) is 0.905. The molecule has 0 bridgehead atoms. The third-order valence-electron chi connectivity index (χ3n) is 3.21. The standard InChI is InChI=1S/C17H17NO3/c1-11-5-3-7-13(9-11)10-15(19)18-14-8-4-6-12(2)16(14)17(20)21/h3-9H,10H2,1-2H3,(H,18,19)(H,20,21). The van der Waals surface area contributed by atoms with Gasteiger partial charge in [0.2, 0.25) is 5.91 Å². The number of anilines is 1. The van der Waals surface area contributed by atoms with Crippen molar-refractivity contribution in [3.05, 3.63) is 64.7 Å². The van der Waals surface area contributed by atoms with Gasteiger partial charge in [-0.1, -0.05) is 42.0 Å². The number of carbonyl (C=O) groups excluding carboxylic acids is 1. The van der Waals surface area contributed by atoms with E-state index in [9.17, 15) is 14.7 Å². The fourth-order valence-corrected chi connectivity index (χ4v) is 2.26. The van der Waals surface area contributed by atoms with Crippen molar-refractivity contribution in [3.8, 4) is 0 Å².